The molecule has 0 aliphatic heterocycles. The van der Waals surface area contributed by atoms with Crippen molar-refractivity contribution in [1.29, 1.82) is 0 Å². The van der Waals surface area contributed by atoms with Gasteiger partial charge >= 0.3 is 0 Å². The molecule has 0 aromatic heterocycles. The Morgan fingerprint density at radius 3 is 2.18 bits per heavy atom. The Morgan fingerprint density at radius 2 is 1.82 bits per heavy atom. The smallest absolute Gasteiger partial charge is 0.219 e. The minimum absolute atomic E-state index is 0.0489. The van der Waals surface area contributed by atoms with Crippen LogP contribution in [-0.4, -0.2) is 43.6 Å². The predicted molar refractivity (Wildman–Crippen MR) is 69.2 cm³/mol. The van der Waals surface area contributed by atoms with Crippen molar-refractivity contribution in [3.8, 4) is 0 Å². The van der Waals surface area contributed by atoms with Crippen molar-refractivity contribution >= 4 is 15.9 Å². The molecule has 0 bridgehead atoms. The molecule has 1 N–H and O–H groups in total. The van der Waals surface area contributed by atoms with Crippen LogP contribution in [0.15, 0.2) is 0 Å². The lowest BCUT2D eigenvalue weighted by molar-refractivity contribution is -0.133. The Hall–Kier alpha value is -0.620. The van der Waals surface area contributed by atoms with Crippen LogP contribution < -0.4 is 4.72 Å². The molecule has 0 rings (SSSR count). The molecule has 0 unspecified atom stereocenters. The minimum Gasteiger partial charge on any atom is -0.337 e. The van der Waals surface area contributed by atoms with Crippen molar-refractivity contribution in [2.24, 2.45) is 0 Å². The fraction of sp³-hybridized carbons (Fsp3) is 0.909. The Kier molecular flexibility index (Phi) is 6.12. The van der Waals surface area contributed by atoms with Crippen molar-refractivity contribution in [1.82, 2.24) is 9.62 Å². The topological polar surface area (TPSA) is 66.5 Å². The summed E-state index contributed by atoms with van der Waals surface area (Å²) in [5.74, 6) is 0.0787. The second-order valence-corrected chi connectivity index (χ2v) is 6.98. The van der Waals surface area contributed by atoms with E-state index in [0.717, 1.165) is 0 Å². The molecule has 0 aromatic carbocycles. The number of nitrogens with one attached hydrogen (secondary N) is 1. The van der Waals surface area contributed by atoms with E-state index < -0.39 is 10.0 Å². The van der Waals surface area contributed by atoms with E-state index >= 15 is 0 Å². The van der Waals surface area contributed by atoms with Crippen molar-refractivity contribution in [3.63, 3.8) is 0 Å². The highest BCUT2D eigenvalue weighted by Gasteiger charge is 2.23. The highest BCUT2D eigenvalue weighted by Crippen LogP contribution is 2.12. The summed E-state index contributed by atoms with van der Waals surface area (Å²) in [6.45, 7) is 9.74. The molecule has 0 saturated carbocycles. The molecular formula is C11H24N2O3S. The molecule has 0 heterocycles. The fourth-order valence-electron chi connectivity index (χ4n) is 1.62. The van der Waals surface area contributed by atoms with E-state index in [1.165, 1.54) is 6.92 Å². The van der Waals surface area contributed by atoms with Gasteiger partial charge < -0.3 is 4.90 Å². The van der Waals surface area contributed by atoms with Gasteiger partial charge in [-0.3, -0.25) is 4.79 Å². The van der Waals surface area contributed by atoms with Gasteiger partial charge in [-0.2, -0.15) is 0 Å². The summed E-state index contributed by atoms with van der Waals surface area (Å²) in [6.07, 6.45) is 0.588. The molecule has 0 aromatic rings. The van der Waals surface area contributed by atoms with Crippen LogP contribution in [0.25, 0.3) is 0 Å². The average Bonchev–Trinajstić information content (AvgIpc) is 2.09. The van der Waals surface area contributed by atoms with Crippen molar-refractivity contribution in [3.05, 3.63) is 0 Å². The number of rotatable bonds is 6. The van der Waals surface area contributed by atoms with Gasteiger partial charge in [0.05, 0.1) is 5.75 Å². The van der Waals surface area contributed by atoms with Crippen LogP contribution in [0.5, 0.6) is 0 Å². The summed E-state index contributed by atoms with van der Waals surface area (Å²) in [4.78, 5) is 13.1. The van der Waals surface area contributed by atoms with Crippen molar-refractivity contribution in [2.45, 2.75) is 46.6 Å². The third kappa shape index (κ3) is 6.63. The summed E-state index contributed by atoms with van der Waals surface area (Å²) in [6, 6.07) is 0. The second kappa shape index (κ2) is 6.35. The molecule has 5 nitrogen and oxygen atoms in total. The number of hydrogen-bond acceptors (Lipinski definition) is 3. The summed E-state index contributed by atoms with van der Waals surface area (Å²) in [5, 5.41) is 0. The first-order valence-electron chi connectivity index (χ1n) is 5.85. The van der Waals surface area contributed by atoms with Gasteiger partial charge in [0.2, 0.25) is 15.9 Å². The minimum atomic E-state index is -3.19. The molecule has 0 aliphatic rings. The maximum absolute atomic E-state index is 11.4. The number of sulfonamides is 1. The zero-order valence-corrected chi connectivity index (χ0v) is 12.2. The molecular weight excluding hydrogens is 240 g/mol. The highest BCUT2D eigenvalue weighted by atomic mass is 32.2. The molecule has 0 atom stereocenters. The third-order valence-electron chi connectivity index (χ3n) is 2.32. The number of nitrogens with zero attached hydrogens (tertiary/aromatic N) is 1. The van der Waals surface area contributed by atoms with E-state index in [4.69, 9.17) is 0 Å². The van der Waals surface area contributed by atoms with E-state index in [0.29, 0.717) is 13.0 Å². The van der Waals surface area contributed by atoms with E-state index in [-0.39, 0.29) is 23.7 Å². The van der Waals surface area contributed by atoms with Gasteiger partial charge in [-0.1, -0.05) is 6.92 Å². The normalized spacial score (nSPS) is 12.5. The highest BCUT2D eigenvalue weighted by molar-refractivity contribution is 7.89. The van der Waals surface area contributed by atoms with E-state index in [2.05, 4.69) is 4.72 Å². The summed E-state index contributed by atoms with van der Waals surface area (Å²) < 4.78 is 25.3. The van der Waals surface area contributed by atoms with Gasteiger partial charge in [-0.25, -0.2) is 13.1 Å². The van der Waals surface area contributed by atoms with E-state index in [1.807, 2.05) is 27.7 Å². The molecule has 0 radical (unpaired) electrons. The van der Waals surface area contributed by atoms with Crippen LogP contribution >= 0.6 is 0 Å². The van der Waals surface area contributed by atoms with Gasteiger partial charge in [-0.05, 0) is 27.2 Å². The van der Waals surface area contributed by atoms with Gasteiger partial charge in [-0.15, -0.1) is 0 Å². The van der Waals surface area contributed by atoms with Gasteiger partial charge in [0.1, 0.15) is 0 Å². The quantitative estimate of drug-likeness (QED) is 0.777. The first-order valence-corrected chi connectivity index (χ1v) is 7.51. The van der Waals surface area contributed by atoms with E-state index in [9.17, 15) is 13.2 Å². The lowest BCUT2D eigenvalue weighted by atomic mass is 10.1. The monoisotopic (exact) mass is 264 g/mol. The van der Waals surface area contributed by atoms with Crippen molar-refractivity contribution in [2.75, 3.05) is 18.8 Å². The predicted octanol–water partition coefficient (Wildman–Crippen LogP) is 0.963. The zero-order valence-electron chi connectivity index (χ0n) is 11.4. The Morgan fingerprint density at radius 1 is 1.29 bits per heavy atom. The first-order chi connectivity index (χ1) is 7.60. The van der Waals surface area contributed by atoms with Crippen LogP contribution in [0.2, 0.25) is 0 Å². The molecule has 6 heteroatoms. The summed E-state index contributed by atoms with van der Waals surface area (Å²) in [7, 11) is -3.19. The number of hydrogen-bond donors (Lipinski definition) is 1. The molecule has 0 aliphatic carbocycles. The maximum Gasteiger partial charge on any atom is 0.219 e. The SMILES string of the molecule is CCCS(=O)(=O)NCCN(C(C)=O)C(C)(C)C. The van der Waals surface area contributed by atoms with Crippen LogP contribution in [0.1, 0.15) is 41.0 Å². The fourth-order valence-corrected chi connectivity index (χ4v) is 2.70. The Bertz CT molecular complexity index is 344. The van der Waals surface area contributed by atoms with Crippen molar-refractivity contribution < 1.29 is 13.2 Å². The first kappa shape index (κ1) is 16.4. The second-order valence-electron chi connectivity index (χ2n) is 5.05. The molecule has 0 saturated heterocycles. The Balaban J connectivity index is 4.31. The lowest BCUT2D eigenvalue weighted by Crippen LogP contribution is -2.48. The molecule has 102 valence electrons. The van der Waals surface area contributed by atoms with Crippen LogP contribution in [0.3, 0.4) is 0 Å². The summed E-state index contributed by atoms with van der Waals surface area (Å²) >= 11 is 0. The molecule has 1 amide bonds. The largest absolute Gasteiger partial charge is 0.337 e. The van der Waals surface area contributed by atoms with Crippen LogP contribution in [0, 0.1) is 0 Å². The lowest BCUT2D eigenvalue weighted by Gasteiger charge is -2.35. The number of carbonyl (C=O) groups excluding carboxylic acids is 1. The Labute approximate surface area is 105 Å². The molecule has 17 heavy (non-hydrogen) atoms. The zero-order chi connectivity index (χ0) is 13.7. The van der Waals surface area contributed by atoms with Crippen LogP contribution in [-0.2, 0) is 14.8 Å². The molecule has 0 fully saturated rings. The average molecular weight is 264 g/mol. The van der Waals surface area contributed by atoms with Crippen LogP contribution in [0.4, 0.5) is 0 Å². The number of carbonyl (C=O) groups is 1. The number of amides is 1. The third-order valence-corrected chi connectivity index (χ3v) is 3.91. The molecule has 0 spiro atoms. The van der Waals surface area contributed by atoms with Gasteiger partial charge in [0.15, 0.2) is 0 Å². The summed E-state index contributed by atoms with van der Waals surface area (Å²) in [5.41, 5.74) is -0.290. The van der Waals surface area contributed by atoms with E-state index in [1.54, 1.807) is 4.90 Å². The van der Waals surface area contributed by atoms with Gasteiger partial charge in [0, 0.05) is 25.6 Å². The maximum atomic E-state index is 11.4. The van der Waals surface area contributed by atoms with Gasteiger partial charge in [0.25, 0.3) is 0 Å². The standard InChI is InChI=1S/C11H24N2O3S/c1-6-9-17(15,16)12-7-8-13(10(2)14)11(3,4)5/h12H,6-9H2,1-5H3.